The monoisotopic (exact) mass is 246 g/mol. The maximum atomic E-state index is 2.63. The average Bonchev–Trinajstić information content (AvgIpc) is 2.34. The van der Waals surface area contributed by atoms with Crippen LogP contribution in [0.1, 0.15) is 32.3 Å². The molecule has 0 spiro atoms. The highest BCUT2D eigenvalue weighted by Crippen LogP contribution is 2.21. The number of likely N-dealkylation sites (N-methyl/N-ethyl adjacent to an activating group) is 1. The molecule has 1 aromatic carbocycles. The molecule has 0 bridgehead atoms. The molecule has 100 valence electrons. The molecule has 0 atom stereocenters. The highest BCUT2D eigenvalue weighted by Gasteiger charge is 2.32. The third-order valence-electron chi connectivity index (χ3n) is 4.25. The van der Waals surface area contributed by atoms with Crippen LogP contribution in [-0.2, 0) is 6.54 Å². The predicted octanol–water partition coefficient (Wildman–Crippen LogP) is 2.99. The zero-order valence-electron chi connectivity index (χ0n) is 12.0. The van der Waals surface area contributed by atoms with Crippen LogP contribution in [0.25, 0.3) is 0 Å². The normalized spacial score (nSPS) is 17.4. The maximum absolute atomic E-state index is 2.63. The van der Waals surface area contributed by atoms with E-state index in [9.17, 15) is 0 Å². The molecule has 2 heteroatoms. The second-order valence-corrected chi connectivity index (χ2v) is 5.48. The Labute approximate surface area is 112 Å². The first-order chi connectivity index (χ1) is 8.74. The second kappa shape index (κ2) is 6.35. The zero-order valence-corrected chi connectivity index (χ0v) is 12.0. The van der Waals surface area contributed by atoms with Crippen LogP contribution in [0.3, 0.4) is 0 Å². The molecule has 1 fully saturated rings. The predicted molar refractivity (Wildman–Crippen MR) is 77.6 cm³/mol. The Morgan fingerprint density at radius 2 is 1.78 bits per heavy atom. The van der Waals surface area contributed by atoms with Crippen LogP contribution in [0.4, 0.5) is 0 Å². The van der Waals surface area contributed by atoms with Gasteiger partial charge in [-0.15, -0.1) is 0 Å². The van der Waals surface area contributed by atoms with E-state index < -0.39 is 0 Å². The van der Waals surface area contributed by atoms with Crippen molar-refractivity contribution >= 4 is 0 Å². The first-order valence-electron chi connectivity index (χ1n) is 7.22. The van der Waals surface area contributed by atoms with Crippen LogP contribution in [-0.4, -0.2) is 42.0 Å². The summed E-state index contributed by atoms with van der Waals surface area (Å²) in [6, 6.07) is 12.3. The van der Waals surface area contributed by atoms with Gasteiger partial charge in [0.05, 0.1) is 0 Å². The van der Waals surface area contributed by atoms with Gasteiger partial charge in [-0.2, -0.15) is 0 Å². The molecule has 18 heavy (non-hydrogen) atoms. The van der Waals surface area contributed by atoms with E-state index in [1.165, 1.54) is 31.5 Å². The Morgan fingerprint density at radius 3 is 2.33 bits per heavy atom. The standard InChI is InChI=1S/C16H26N2/c1-4-15(5-2)18-12-16(13-18)17(3)11-14-9-7-6-8-10-14/h6-10,15-16H,4-5,11-13H2,1-3H3. The third-order valence-corrected chi connectivity index (χ3v) is 4.25. The van der Waals surface area contributed by atoms with Gasteiger partial charge in [0.2, 0.25) is 0 Å². The van der Waals surface area contributed by atoms with Crippen molar-refractivity contribution in [2.45, 2.75) is 45.3 Å². The fourth-order valence-corrected chi connectivity index (χ4v) is 2.87. The van der Waals surface area contributed by atoms with Crippen molar-refractivity contribution in [2.75, 3.05) is 20.1 Å². The van der Waals surface area contributed by atoms with Gasteiger partial charge in [0, 0.05) is 31.7 Å². The van der Waals surface area contributed by atoms with Crippen LogP contribution >= 0.6 is 0 Å². The number of hydrogen-bond donors (Lipinski definition) is 0. The topological polar surface area (TPSA) is 6.48 Å². The van der Waals surface area contributed by atoms with Crippen LogP contribution in [0.15, 0.2) is 30.3 Å². The molecule has 1 aliphatic rings. The quantitative estimate of drug-likeness (QED) is 0.761. The Balaban J connectivity index is 1.78. The highest BCUT2D eigenvalue weighted by atomic mass is 15.3. The lowest BCUT2D eigenvalue weighted by Crippen LogP contribution is -2.60. The van der Waals surface area contributed by atoms with Crippen molar-refractivity contribution < 1.29 is 0 Å². The summed E-state index contributed by atoms with van der Waals surface area (Å²) in [5.41, 5.74) is 1.42. The minimum atomic E-state index is 0.741. The lowest BCUT2D eigenvalue weighted by Gasteiger charge is -2.47. The molecule has 0 unspecified atom stereocenters. The van der Waals surface area contributed by atoms with Crippen molar-refractivity contribution in [2.24, 2.45) is 0 Å². The molecule has 2 rings (SSSR count). The largest absolute Gasteiger partial charge is 0.297 e. The van der Waals surface area contributed by atoms with Gasteiger partial charge < -0.3 is 0 Å². The summed E-state index contributed by atoms with van der Waals surface area (Å²) in [4.78, 5) is 5.13. The van der Waals surface area contributed by atoms with Gasteiger partial charge in [-0.1, -0.05) is 44.2 Å². The number of likely N-dealkylation sites (tertiary alicyclic amines) is 1. The van der Waals surface area contributed by atoms with Crippen molar-refractivity contribution in [1.29, 1.82) is 0 Å². The van der Waals surface area contributed by atoms with Crippen LogP contribution in [0.2, 0.25) is 0 Å². The molecular formula is C16H26N2. The van der Waals surface area contributed by atoms with E-state index in [0.717, 1.165) is 18.6 Å². The van der Waals surface area contributed by atoms with Crippen molar-refractivity contribution in [3.8, 4) is 0 Å². The van der Waals surface area contributed by atoms with E-state index >= 15 is 0 Å². The first kappa shape index (κ1) is 13.6. The molecule has 0 radical (unpaired) electrons. The first-order valence-corrected chi connectivity index (χ1v) is 7.22. The molecule has 2 nitrogen and oxygen atoms in total. The van der Waals surface area contributed by atoms with E-state index in [0.29, 0.717) is 0 Å². The van der Waals surface area contributed by atoms with Gasteiger partial charge in [-0.05, 0) is 25.5 Å². The van der Waals surface area contributed by atoms with Crippen molar-refractivity contribution in [1.82, 2.24) is 9.80 Å². The molecule has 0 N–H and O–H groups in total. The SMILES string of the molecule is CCC(CC)N1CC(N(C)Cc2ccccc2)C1. The molecular weight excluding hydrogens is 220 g/mol. The van der Waals surface area contributed by atoms with Gasteiger partial charge in [-0.3, -0.25) is 9.80 Å². The van der Waals surface area contributed by atoms with Crippen LogP contribution < -0.4 is 0 Å². The summed E-state index contributed by atoms with van der Waals surface area (Å²) < 4.78 is 0. The number of hydrogen-bond acceptors (Lipinski definition) is 2. The molecule has 1 saturated heterocycles. The maximum Gasteiger partial charge on any atom is 0.0351 e. The lowest BCUT2D eigenvalue weighted by atomic mass is 10.0. The molecule has 1 aromatic rings. The zero-order chi connectivity index (χ0) is 13.0. The molecule has 0 saturated carbocycles. The van der Waals surface area contributed by atoms with Crippen molar-refractivity contribution in [3.05, 3.63) is 35.9 Å². The van der Waals surface area contributed by atoms with Gasteiger partial charge in [0.15, 0.2) is 0 Å². The number of nitrogens with zero attached hydrogens (tertiary/aromatic N) is 2. The van der Waals surface area contributed by atoms with E-state index in [1.807, 2.05) is 0 Å². The summed E-state index contributed by atoms with van der Waals surface area (Å²) in [6.45, 7) is 8.16. The summed E-state index contributed by atoms with van der Waals surface area (Å²) in [5.74, 6) is 0. The molecule has 0 aromatic heterocycles. The average molecular weight is 246 g/mol. The summed E-state index contributed by atoms with van der Waals surface area (Å²) in [7, 11) is 2.25. The Kier molecular flexibility index (Phi) is 4.79. The molecule has 0 amide bonds. The van der Waals surface area contributed by atoms with Crippen LogP contribution in [0.5, 0.6) is 0 Å². The minimum Gasteiger partial charge on any atom is -0.297 e. The van der Waals surface area contributed by atoms with E-state index in [2.05, 4.69) is 61.0 Å². The smallest absolute Gasteiger partial charge is 0.0351 e. The number of benzene rings is 1. The number of rotatable bonds is 6. The summed E-state index contributed by atoms with van der Waals surface area (Å²) in [5, 5.41) is 0. The van der Waals surface area contributed by atoms with Crippen LogP contribution in [0, 0.1) is 0 Å². The van der Waals surface area contributed by atoms with Gasteiger partial charge in [0.1, 0.15) is 0 Å². The van der Waals surface area contributed by atoms with E-state index in [-0.39, 0.29) is 0 Å². The van der Waals surface area contributed by atoms with E-state index in [1.54, 1.807) is 0 Å². The Hall–Kier alpha value is -0.860. The second-order valence-electron chi connectivity index (χ2n) is 5.48. The molecule has 1 heterocycles. The van der Waals surface area contributed by atoms with Gasteiger partial charge >= 0.3 is 0 Å². The third kappa shape index (κ3) is 3.12. The summed E-state index contributed by atoms with van der Waals surface area (Å²) in [6.07, 6.45) is 2.57. The van der Waals surface area contributed by atoms with Gasteiger partial charge in [-0.25, -0.2) is 0 Å². The lowest BCUT2D eigenvalue weighted by molar-refractivity contribution is 0.0105. The molecule has 1 aliphatic heterocycles. The summed E-state index contributed by atoms with van der Waals surface area (Å²) >= 11 is 0. The minimum absolute atomic E-state index is 0.741. The Bertz CT molecular complexity index is 339. The van der Waals surface area contributed by atoms with Crippen molar-refractivity contribution in [3.63, 3.8) is 0 Å². The van der Waals surface area contributed by atoms with Gasteiger partial charge in [0.25, 0.3) is 0 Å². The molecule has 0 aliphatic carbocycles. The van der Waals surface area contributed by atoms with E-state index in [4.69, 9.17) is 0 Å². The fourth-order valence-electron chi connectivity index (χ4n) is 2.87. The highest BCUT2D eigenvalue weighted by molar-refractivity contribution is 5.14. The fraction of sp³-hybridized carbons (Fsp3) is 0.625. The Morgan fingerprint density at radius 1 is 1.17 bits per heavy atom.